The van der Waals surface area contributed by atoms with Gasteiger partial charge in [-0.25, -0.2) is 5.84 Å². The van der Waals surface area contributed by atoms with Gasteiger partial charge >= 0.3 is 0 Å². The maximum Gasteiger partial charge on any atom is 0.243 e. The second-order valence-corrected chi connectivity index (χ2v) is 5.78. The van der Waals surface area contributed by atoms with Gasteiger partial charge in [0.05, 0.1) is 0 Å². The number of rotatable bonds is 6. The van der Waals surface area contributed by atoms with Crippen molar-refractivity contribution < 1.29 is 0 Å². The van der Waals surface area contributed by atoms with Crippen LogP contribution in [0.3, 0.4) is 0 Å². The highest BCUT2D eigenvalue weighted by molar-refractivity contribution is 5.43. The number of nitrogens with zero attached hydrogens (tertiary/aromatic N) is 5. The first kappa shape index (κ1) is 15.7. The molecule has 0 aliphatic carbocycles. The van der Waals surface area contributed by atoms with Crippen LogP contribution in [0.25, 0.3) is 0 Å². The first-order chi connectivity index (χ1) is 10.1. The van der Waals surface area contributed by atoms with Crippen LogP contribution >= 0.6 is 0 Å². The molecule has 1 aromatic heterocycles. The number of hydrogen-bond donors (Lipinski definition) is 3. The summed E-state index contributed by atoms with van der Waals surface area (Å²) in [7, 11) is 4.08. The van der Waals surface area contributed by atoms with E-state index >= 15 is 0 Å². The standard InChI is InChI=1S/C13H26N8/c1-10(9-20(2)3)15-11-16-12(19-14)18-13(17-11)21-7-5-4-6-8-21/h10H,4-9,14H2,1-3H3,(H2,15,16,17,18,19). The van der Waals surface area contributed by atoms with Crippen molar-refractivity contribution in [2.75, 3.05) is 49.4 Å². The summed E-state index contributed by atoms with van der Waals surface area (Å²) in [5, 5.41) is 3.30. The third-order valence-electron chi connectivity index (χ3n) is 3.41. The molecule has 0 radical (unpaired) electrons. The van der Waals surface area contributed by atoms with Crippen molar-refractivity contribution in [3.63, 3.8) is 0 Å². The zero-order valence-corrected chi connectivity index (χ0v) is 13.1. The van der Waals surface area contributed by atoms with Gasteiger partial charge in [0, 0.05) is 25.7 Å². The Bertz CT molecular complexity index is 444. The van der Waals surface area contributed by atoms with Gasteiger partial charge in [-0.15, -0.1) is 0 Å². The fourth-order valence-corrected chi connectivity index (χ4v) is 2.54. The summed E-state index contributed by atoms with van der Waals surface area (Å²) < 4.78 is 0. The normalized spacial score (nSPS) is 16.9. The highest BCUT2D eigenvalue weighted by Gasteiger charge is 2.16. The molecule has 0 spiro atoms. The maximum atomic E-state index is 5.47. The Morgan fingerprint density at radius 3 is 2.43 bits per heavy atom. The zero-order valence-electron chi connectivity index (χ0n) is 13.1. The second-order valence-electron chi connectivity index (χ2n) is 5.78. The highest BCUT2D eigenvalue weighted by atomic mass is 15.4. The van der Waals surface area contributed by atoms with E-state index in [9.17, 15) is 0 Å². The van der Waals surface area contributed by atoms with E-state index in [1.54, 1.807) is 0 Å². The van der Waals surface area contributed by atoms with Crippen molar-refractivity contribution in [1.29, 1.82) is 0 Å². The van der Waals surface area contributed by atoms with Crippen LogP contribution in [0.4, 0.5) is 17.8 Å². The lowest BCUT2D eigenvalue weighted by molar-refractivity contribution is 0.391. The molecular weight excluding hydrogens is 268 g/mol. The third kappa shape index (κ3) is 4.68. The molecule has 1 aliphatic heterocycles. The van der Waals surface area contributed by atoms with Gasteiger partial charge in [0.25, 0.3) is 0 Å². The molecule has 21 heavy (non-hydrogen) atoms. The molecule has 0 saturated carbocycles. The third-order valence-corrected chi connectivity index (χ3v) is 3.41. The van der Waals surface area contributed by atoms with Gasteiger partial charge in [-0.1, -0.05) is 0 Å². The number of likely N-dealkylation sites (N-methyl/N-ethyl adjacent to an activating group) is 1. The Kier molecular flexibility index (Phi) is 5.51. The summed E-state index contributed by atoms with van der Waals surface area (Å²) in [6, 6.07) is 0.238. The van der Waals surface area contributed by atoms with Crippen LogP contribution < -0.4 is 21.5 Å². The molecular formula is C13H26N8. The van der Waals surface area contributed by atoms with Crippen molar-refractivity contribution in [2.45, 2.75) is 32.2 Å². The lowest BCUT2D eigenvalue weighted by atomic mass is 10.1. The summed E-state index contributed by atoms with van der Waals surface area (Å²) in [6.45, 7) is 4.97. The van der Waals surface area contributed by atoms with Crippen molar-refractivity contribution in [2.24, 2.45) is 5.84 Å². The Labute approximate surface area is 126 Å². The molecule has 0 amide bonds. The SMILES string of the molecule is CC(CN(C)C)Nc1nc(NN)nc(N2CCCCC2)n1. The van der Waals surface area contributed by atoms with E-state index < -0.39 is 0 Å². The van der Waals surface area contributed by atoms with E-state index in [2.05, 4.69) is 42.4 Å². The number of aromatic nitrogens is 3. The van der Waals surface area contributed by atoms with E-state index in [0.717, 1.165) is 19.6 Å². The zero-order chi connectivity index (χ0) is 15.2. The van der Waals surface area contributed by atoms with E-state index in [1.165, 1.54) is 19.3 Å². The van der Waals surface area contributed by atoms with Gasteiger partial charge < -0.3 is 15.1 Å². The van der Waals surface area contributed by atoms with Crippen LogP contribution in [-0.4, -0.2) is 59.6 Å². The first-order valence-corrected chi connectivity index (χ1v) is 7.47. The molecule has 1 saturated heterocycles. The molecule has 1 atom stereocenters. The van der Waals surface area contributed by atoms with Crippen molar-refractivity contribution >= 4 is 17.8 Å². The van der Waals surface area contributed by atoms with Gasteiger partial charge in [-0.3, -0.25) is 5.43 Å². The minimum atomic E-state index is 0.238. The number of anilines is 3. The highest BCUT2D eigenvalue weighted by Crippen LogP contribution is 2.18. The van der Waals surface area contributed by atoms with Gasteiger partial charge in [-0.2, -0.15) is 15.0 Å². The van der Waals surface area contributed by atoms with Crippen LogP contribution in [0.2, 0.25) is 0 Å². The van der Waals surface area contributed by atoms with Gasteiger partial charge in [0.1, 0.15) is 0 Å². The molecule has 4 N–H and O–H groups in total. The number of hydrazine groups is 1. The average Bonchev–Trinajstić information content (AvgIpc) is 2.46. The van der Waals surface area contributed by atoms with Crippen molar-refractivity contribution in [3.8, 4) is 0 Å². The smallest absolute Gasteiger partial charge is 0.243 e. The van der Waals surface area contributed by atoms with E-state index in [-0.39, 0.29) is 6.04 Å². The number of piperidine rings is 1. The summed E-state index contributed by atoms with van der Waals surface area (Å²) >= 11 is 0. The molecule has 8 heteroatoms. The van der Waals surface area contributed by atoms with Crippen LogP contribution in [0.15, 0.2) is 0 Å². The number of nitrogens with one attached hydrogen (secondary N) is 2. The molecule has 8 nitrogen and oxygen atoms in total. The van der Waals surface area contributed by atoms with E-state index in [0.29, 0.717) is 17.8 Å². The summed E-state index contributed by atoms with van der Waals surface area (Å²) in [6.07, 6.45) is 3.63. The number of nitrogen functional groups attached to an aromatic ring is 1. The average molecular weight is 294 g/mol. The molecule has 1 unspecified atom stereocenters. The minimum absolute atomic E-state index is 0.238. The molecule has 118 valence electrons. The van der Waals surface area contributed by atoms with Crippen LogP contribution in [-0.2, 0) is 0 Å². The predicted octanol–water partition coefficient (Wildman–Crippen LogP) is 0.510. The van der Waals surface area contributed by atoms with E-state index in [4.69, 9.17) is 5.84 Å². The fourth-order valence-electron chi connectivity index (χ4n) is 2.54. The fraction of sp³-hybridized carbons (Fsp3) is 0.769. The largest absolute Gasteiger partial charge is 0.350 e. The van der Waals surface area contributed by atoms with Gasteiger partial charge in [-0.05, 0) is 40.3 Å². The first-order valence-electron chi connectivity index (χ1n) is 7.47. The van der Waals surface area contributed by atoms with Crippen molar-refractivity contribution in [1.82, 2.24) is 19.9 Å². The summed E-state index contributed by atoms with van der Waals surface area (Å²) in [5.74, 6) is 7.12. The van der Waals surface area contributed by atoms with Crippen LogP contribution in [0.5, 0.6) is 0 Å². The maximum absolute atomic E-state index is 5.47. The number of hydrogen-bond acceptors (Lipinski definition) is 8. The molecule has 1 fully saturated rings. The Balaban J connectivity index is 2.12. The topological polar surface area (TPSA) is 95.2 Å². The second kappa shape index (κ2) is 7.37. The van der Waals surface area contributed by atoms with Crippen LogP contribution in [0.1, 0.15) is 26.2 Å². The monoisotopic (exact) mass is 294 g/mol. The van der Waals surface area contributed by atoms with Gasteiger partial charge in [0.2, 0.25) is 17.8 Å². The molecule has 2 heterocycles. The predicted molar refractivity (Wildman–Crippen MR) is 85.3 cm³/mol. The Morgan fingerprint density at radius 2 is 1.81 bits per heavy atom. The summed E-state index contributed by atoms with van der Waals surface area (Å²) in [5.41, 5.74) is 2.52. The molecule has 1 aliphatic rings. The van der Waals surface area contributed by atoms with Crippen molar-refractivity contribution in [3.05, 3.63) is 0 Å². The molecule has 1 aromatic rings. The molecule has 0 bridgehead atoms. The van der Waals surface area contributed by atoms with Crippen LogP contribution in [0, 0.1) is 0 Å². The van der Waals surface area contributed by atoms with E-state index in [1.807, 2.05) is 14.1 Å². The lowest BCUT2D eigenvalue weighted by Crippen LogP contribution is -2.33. The lowest BCUT2D eigenvalue weighted by Gasteiger charge is -2.27. The minimum Gasteiger partial charge on any atom is -0.350 e. The van der Waals surface area contributed by atoms with Gasteiger partial charge in [0.15, 0.2) is 0 Å². The number of nitrogens with two attached hydrogens (primary N) is 1. The molecule has 2 rings (SSSR count). The Hall–Kier alpha value is -1.67. The quantitative estimate of drug-likeness (QED) is 0.516. The Morgan fingerprint density at radius 1 is 1.14 bits per heavy atom. The summed E-state index contributed by atoms with van der Waals surface area (Å²) in [4.78, 5) is 17.5. The molecule has 0 aromatic carbocycles.